The first-order valence-electron chi connectivity index (χ1n) is 42.0. The molecule has 0 spiro atoms. The van der Waals surface area contributed by atoms with Crippen molar-refractivity contribution in [2.75, 3.05) is 0 Å². The Morgan fingerprint density at radius 3 is 0.839 bits per heavy atom. The van der Waals surface area contributed by atoms with E-state index in [4.69, 9.17) is 24.9 Å². The SMILES string of the molecule is c1ccc(-c2cc(-c3ccccc3)nc(-c3cccc(-c4ccc5c(c4)c4ccccc4n5-c4cccc(-c5ccc6c7ccccc7n(-c7ccccc7)c6c5)c4)c3)n2)cc1.c1ccc(-c2nc(-c3ccccc3)nc(-c3ccc(-c4ccc5c(c4)c4ccccc4n5-c4ccc(-c5ccc6c7ccccc7n(-c7ccccc7)c6c5)cc4)cc3)n2)cc1. The fourth-order valence-electron chi connectivity index (χ4n) is 18.2. The van der Waals surface area contributed by atoms with Gasteiger partial charge in [-0.25, -0.2) is 24.9 Å². The number of aromatic nitrogens is 9. The average Bonchev–Trinajstić information content (AvgIpc) is 1.60. The summed E-state index contributed by atoms with van der Waals surface area (Å²) in [4.78, 5) is 25.0. The van der Waals surface area contributed by atoms with E-state index in [1.165, 1.54) is 104 Å². The molecule has 124 heavy (non-hydrogen) atoms. The molecule has 0 aliphatic carbocycles. The number of nitrogens with zero attached hydrogens (tertiary/aromatic N) is 9. The summed E-state index contributed by atoms with van der Waals surface area (Å²) in [5, 5.41) is 9.86. The van der Waals surface area contributed by atoms with Crippen LogP contribution < -0.4 is 0 Å². The van der Waals surface area contributed by atoms with Gasteiger partial charge in [-0.2, -0.15) is 0 Å². The fourth-order valence-corrected chi connectivity index (χ4v) is 18.2. The normalized spacial score (nSPS) is 11.5. The van der Waals surface area contributed by atoms with Crippen molar-refractivity contribution >= 4 is 87.2 Å². The largest absolute Gasteiger partial charge is 0.309 e. The van der Waals surface area contributed by atoms with E-state index in [1.54, 1.807) is 0 Å². The van der Waals surface area contributed by atoms with Gasteiger partial charge >= 0.3 is 0 Å². The van der Waals surface area contributed by atoms with Crippen molar-refractivity contribution < 1.29 is 0 Å². The van der Waals surface area contributed by atoms with Crippen molar-refractivity contribution in [2.24, 2.45) is 0 Å². The van der Waals surface area contributed by atoms with Crippen molar-refractivity contribution in [3.63, 3.8) is 0 Å². The summed E-state index contributed by atoms with van der Waals surface area (Å²) in [6.07, 6.45) is 0. The molecule has 0 aliphatic rings. The molecule has 6 aromatic heterocycles. The van der Waals surface area contributed by atoms with Gasteiger partial charge in [-0.05, 0) is 166 Å². The first-order valence-corrected chi connectivity index (χ1v) is 42.0. The zero-order valence-corrected chi connectivity index (χ0v) is 67.3. The van der Waals surface area contributed by atoms with Crippen LogP contribution in [-0.2, 0) is 0 Å². The van der Waals surface area contributed by atoms with E-state index in [2.05, 4.69) is 400 Å². The summed E-state index contributed by atoms with van der Waals surface area (Å²) < 4.78 is 9.55. The van der Waals surface area contributed by atoms with E-state index >= 15 is 0 Å². The Morgan fingerprint density at radius 1 is 0.121 bits per heavy atom. The molecule has 0 aliphatic heterocycles. The van der Waals surface area contributed by atoms with Crippen LogP contribution in [0.1, 0.15) is 0 Å². The summed E-state index contributed by atoms with van der Waals surface area (Å²) in [5.41, 5.74) is 31.0. The average molecular weight is 1580 g/mol. The smallest absolute Gasteiger partial charge is 0.164 e. The highest BCUT2D eigenvalue weighted by molar-refractivity contribution is 6.14. The Morgan fingerprint density at radius 2 is 0.379 bits per heavy atom. The van der Waals surface area contributed by atoms with Gasteiger partial charge in [0.2, 0.25) is 0 Å². The van der Waals surface area contributed by atoms with Crippen LogP contribution in [0.25, 0.3) is 223 Å². The Bertz CT molecular complexity index is 8070. The van der Waals surface area contributed by atoms with E-state index < -0.39 is 0 Å². The first kappa shape index (κ1) is 72.5. The van der Waals surface area contributed by atoms with Crippen LogP contribution in [0.3, 0.4) is 0 Å². The molecule has 0 amide bonds. The molecule has 6 heterocycles. The Balaban J connectivity index is 0.000000143. The highest BCUT2D eigenvalue weighted by atomic mass is 15.0. The highest BCUT2D eigenvalue weighted by Gasteiger charge is 2.22. The van der Waals surface area contributed by atoms with Gasteiger partial charge in [0.1, 0.15) is 0 Å². The number of benzene rings is 18. The molecule has 18 aromatic carbocycles. The number of fused-ring (bicyclic) bond motifs is 12. The lowest BCUT2D eigenvalue weighted by molar-refractivity contribution is 1.07. The zero-order chi connectivity index (χ0) is 82.0. The van der Waals surface area contributed by atoms with Crippen LogP contribution in [0.15, 0.2) is 455 Å². The molecule has 0 radical (unpaired) electrons. The molecule has 0 saturated heterocycles. The Hall–Kier alpha value is -16.8. The molecule has 0 N–H and O–H groups in total. The van der Waals surface area contributed by atoms with Crippen LogP contribution >= 0.6 is 0 Å². The maximum atomic E-state index is 5.12. The maximum Gasteiger partial charge on any atom is 0.164 e. The summed E-state index contributed by atoms with van der Waals surface area (Å²) in [6.45, 7) is 0. The monoisotopic (exact) mass is 1580 g/mol. The molecule has 0 unspecified atom stereocenters. The lowest BCUT2D eigenvalue weighted by Crippen LogP contribution is -2.00. The lowest BCUT2D eigenvalue weighted by atomic mass is 10.00. The molecule has 9 nitrogen and oxygen atoms in total. The molecule has 0 fully saturated rings. The van der Waals surface area contributed by atoms with Gasteiger partial charge in [-0.1, -0.05) is 334 Å². The van der Waals surface area contributed by atoms with Crippen LogP contribution in [0.4, 0.5) is 0 Å². The summed E-state index contributed by atoms with van der Waals surface area (Å²) >= 11 is 0. The van der Waals surface area contributed by atoms with Gasteiger partial charge in [0.15, 0.2) is 23.3 Å². The Kier molecular flexibility index (Phi) is 18.0. The summed E-state index contributed by atoms with van der Waals surface area (Å²) in [5.74, 6) is 2.65. The third-order valence-electron chi connectivity index (χ3n) is 24.1. The second kappa shape index (κ2) is 30.9. The van der Waals surface area contributed by atoms with Crippen molar-refractivity contribution in [1.29, 1.82) is 0 Å². The number of para-hydroxylation sites is 6. The predicted molar refractivity (Wildman–Crippen MR) is 514 cm³/mol. The third kappa shape index (κ3) is 13.1. The molecule has 9 heteroatoms. The molecule has 0 saturated carbocycles. The van der Waals surface area contributed by atoms with Gasteiger partial charge in [0.25, 0.3) is 0 Å². The minimum absolute atomic E-state index is 0.643. The lowest BCUT2D eigenvalue weighted by Gasteiger charge is -2.12. The number of rotatable bonds is 14. The molecule has 0 bridgehead atoms. The maximum absolute atomic E-state index is 5.12. The predicted octanol–water partition coefficient (Wildman–Crippen LogP) is 29.4. The fraction of sp³-hybridized carbons (Fsp3) is 0. The summed E-state index contributed by atoms with van der Waals surface area (Å²) in [7, 11) is 0. The van der Waals surface area contributed by atoms with E-state index in [1.807, 2.05) is 72.8 Å². The first-order chi connectivity index (χ1) is 61.5. The molecule has 580 valence electrons. The summed E-state index contributed by atoms with van der Waals surface area (Å²) in [6, 6.07) is 162. The van der Waals surface area contributed by atoms with Crippen LogP contribution in [0.2, 0.25) is 0 Å². The topological polar surface area (TPSA) is 84.2 Å². The van der Waals surface area contributed by atoms with E-state index in [-0.39, 0.29) is 0 Å². The minimum atomic E-state index is 0.643. The van der Waals surface area contributed by atoms with Gasteiger partial charge in [-0.15, -0.1) is 0 Å². The van der Waals surface area contributed by atoms with Crippen LogP contribution in [0.5, 0.6) is 0 Å². The second-order valence-electron chi connectivity index (χ2n) is 31.5. The van der Waals surface area contributed by atoms with Crippen molar-refractivity contribution in [2.45, 2.75) is 0 Å². The number of hydrogen-bond acceptors (Lipinski definition) is 5. The third-order valence-corrected chi connectivity index (χ3v) is 24.1. The van der Waals surface area contributed by atoms with Gasteiger partial charge < -0.3 is 18.3 Å². The molecular formula is C115H75N9. The highest BCUT2D eigenvalue weighted by Crippen LogP contribution is 2.43. The van der Waals surface area contributed by atoms with Crippen LogP contribution in [0, 0.1) is 0 Å². The second-order valence-corrected chi connectivity index (χ2v) is 31.5. The zero-order valence-electron chi connectivity index (χ0n) is 67.3. The molecular weight excluding hydrogens is 1510 g/mol. The molecule has 24 aromatic rings. The standard InChI is InChI=1S/C58H38N4.C57H37N5/c1-4-16-39(17-5-1)52-38-53(40-18-6-2-7-19-40)60-58(59-52)45-22-14-20-41(34-45)43-31-33-56-51(36-43)49-27-11-13-29-55(49)62(56)47-25-15-21-42(35-47)44-30-32-50-48-26-10-12-28-54(48)61(57(50)37-44)46-23-8-3-9-24-46;1-4-14-40(15-5-1)55-58-56(41-16-6-2-7-17-41)60-57(59-55)42-26-24-38(25-27-42)43-31-35-53-50(36-43)48-21-11-13-23-52(48)61(53)46-32-28-39(29-33-46)44-30-34-49-47-20-10-12-22-51(47)62(54(49)37-44)45-18-8-3-9-19-45/h1-38H;1-37H. The van der Waals surface area contributed by atoms with Crippen LogP contribution in [-0.4, -0.2) is 43.2 Å². The molecule has 0 atom stereocenters. The van der Waals surface area contributed by atoms with Crippen molar-refractivity contribution in [3.8, 4) is 135 Å². The van der Waals surface area contributed by atoms with E-state index in [0.29, 0.717) is 23.3 Å². The van der Waals surface area contributed by atoms with E-state index in [0.717, 1.165) is 95.3 Å². The quantitative estimate of drug-likeness (QED) is 0.108. The van der Waals surface area contributed by atoms with Gasteiger partial charge in [0.05, 0.1) is 55.5 Å². The van der Waals surface area contributed by atoms with E-state index in [9.17, 15) is 0 Å². The van der Waals surface area contributed by atoms with Crippen molar-refractivity contribution in [1.82, 2.24) is 43.2 Å². The Labute approximate surface area is 716 Å². The van der Waals surface area contributed by atoms with Gasteiger partial charge in [0, 0.05) is 99.2 Å². The molecule has 24 rings (SSSR count). The van der Waals surface area contributed by atoms with Crippen molar-refractivity contribution in [3.05, 3.63) is 455 Å². The van der Waals surface area contributed by atoms with Gasteiger partial charge in [-0.3, -0.25) is 0 Å². The minimum Gasteiger partial charge on any atom is -0.309 e. The number of hydrogen-bond donors (Lipinski definition) is 0.